The molecule has 0 bridgehead atoms. The largest absolute Gasteiger partial charge is 0.529 e. The first-order valence-corrected chi connectivity index (χ1v) is 13.9. The summed E-state index contributed by atoms with van der Waals surface area (Å²) in [6.45, 7) is 6.95. The number of hydrogen-bond donors (Lipinski definition) is 0. The van der Waals surface area contributed by atoms with E-state index in [4.69, 9.17) is 18.3 Å². The number of ether oxygens (including phenoxy) is 1. The molecule has 180 valence electrons. The first-order valence-electron chi connectivity index (χ1n) is 12.4. The van der Waals surface area contributed by atoms with E-state index in [2.05, 4.69) is 13.8 Å². The average Bonchev–Trinajstić information content (AvgIpc) is 3.06. The van der Waals surface area contributed by atoms with Crippen molar-refractivity contribution in [2.24, 2.45) is 11.8 Å². The zero-order valence-corrected chi connectivity index (χ0v) is 20.8. The van der Waals surface area contributed by atoms with Gasteiger partial charge in [0.1, 0.15) is 12.4 Å². The van der Waals surface area contributed by atoms with Crippen molar-refractivity contribution in [1.29, 1.82) is 0 Å². The van der Waals surface area contributed by atoms with Gasteiger partial charge in [-0.2, -0.15) is 0 Å². The number of cyclic esters (lactones) is 1. The number of carbonyl (C=O) groups excluding carboxylic acids is 1. The van der Waals surface area contributed by atoms with Gasteiger partial charge in [-0.25, -0.2) is 9.36 Å². The highest BCUT2D eigenvalue weighted by Crippen LogP contribution is 2.54. The van der Waals surface area contributed by atoms with Crippen LogP contribution in [0.5, 0.6) is 0 Å². The minimum absolute atomic E-state index is 0.119. The normalized spacial score (nSPS) is 24.5. The van der Waals surface area contributed by atoms with Crippen molar-refractivity contribution in [2.75, 3.05) is 19.8 Å². The summed E-state index contributed by atoms with van der Waals surface area (Å²) in [5, 5.41) is 0. The monoisotopic (exact) mass is 458 g/mol. The first-order chi connectivity index (χ1) is 14.9. The number of phosphoric ester groups is 1. The minimum Gasteiger partial charge on any atom is -0.461 e. The molecule has 0 aromatic rings. The summed E-state index contributed by atoms with van der Waals surface area (Å²) in [6.07, 6.45) is 16.5. The number of fused-ring (bicyclic) bond motifs is 1. The maximum atomic E-state index is 12.7. The van der Waals surface area contributed by atoms with E-state index in [1.165, 1.54) is 70.6 Å². The Morgan fingerprint density at radius 1 is 0.968 bits per heavy atom. The summed E-state index contributed by atoms with van der Waals surface area (Å²) in [6, 6.07) is 0. The molecule has 6 nitrogen and oxygen atoms in total. The number of unbranched alkanes of at least 4 members (excludes halogenated alkanes) is 10. The van der Waals surface area contributed by atoms with Crippen molar-refractivity contribution >= 4 is 13.8 Å². The van der Waals surface area contributed by atoms with Crippen LogP contribution in [-0.2, 0) is 27.7 Å². The van der Waals surface area contributed by atoms with Crippen molar-refractivity contribution in [1.82, 2.24) is 0 Å². The minimum atomic E-state index is -3.65. The molecule has 2 aliphatic heterocycles. The fourth-order valence-electron chi connectivity index (χ4n) is 4.12. The van der Waals surface area contributed by atoms with E-state index >= 15 is 0 Å². The fraction of sp³-hybridized carbons (Fsp3) is 0.875. The molecule has 7 heteroatoms. The number of hydrogen-bond acceptors (Lipinski definition) is 6. The number of esters is 1. The molecule has 2 aliphatic rings. The summed E-state index contributed by atoms with van der Waals surface area (Å²) < 4.78 is 33.9. The molecule has 2 rings (SSSR count). The zero-order chi connectivity index (χ0) is 22.5. The van der Waals surface area contributed by atoms with Crippen molar-refractivity contribution in [3.8, 4) is 0 Å². The second-order valence-electron chi connectivity index (χ2n) is 9.12. The third kappa shape index (κ3) is 9.67. The smallest absolute Gasteiger partial charge is 0.461 e. The van der Waals surface area contributed by atoms with Crippen LogP contribution in [0.4, 0.5) is 0 Å². The third-order valence-electron chi connectivity index (χ3n) is 6.39. The lowest BCUT2D eigenvalue weighted by Gasteiger charge is -2.17. The van der Waals surface area contributed by atoms with E-state index in [1.807, 2.05) is 0 Å². The Kier molecular flexibility index (Phi) is 12.2. The first kappa shape index (κ1) is 26.4. The molecule has 0 aromatic heterocycles. The molecule has 3 unspecified atom stereocenters. The summed E-state index contributed by atoms with van der Waals surface area (Å²) in [5.41, 5.74) is 0.424. The molecule has 0 aliphatic carbocycles. The van der Waals surface area contributed by atoms with Gasteiger partial charge in [0.2, 0.25) is 0 Å². The SMILES string of the molecule is CCC(C)CCCCCCCCCCCCCOP1(=O)OCC2COC(=O)C2=C(C)O1. The average molecular weight is 459 g/mol. The number of allylic oxidation sites excluding steroid dienone is 1. The van der Waals surface area contributed by atoms with E-state index in [1.54, 1.807) is 6.92 Å². The lowest BCUT2D eigenvalue weighted by atomic mass is 9.99. The molecule has 0 amide bonds. The highest BCUT2D eigenvalue weighted by molar-refractivity contribution is 7.48. The Labute approximate surface area is 189 Å². The Morgan fingerprint density at radius 3 is 2.16 bits per heavy atom. The quantitative estimate of drug-likeness (QED) is 0.137. The predicted molar refractivity (Wildman–Crippen MR) is 123 cm³/mol. The van der Waals surface area contributed by atoms with Crippen LogP contribution in [0.15, 0.2) is 11.3 Å². The molecule has 0 aromatic carbocycles. The number of rotatable bonds is 16. The molecule has 0 saturated carbocycles. The molecule has 31 heavy (non-hydrogen) atoms. The van der Waals surface area contributed by atoms with Gasteiger partial charge in [0.05, 0.1) is 24.7 Å². The maximum absolute atomic E-state index is 12.7. The number of phosphoric acid groups is 1. The molecular formula is C24H43O6P. The molecule has 0 N–H and O–H groups in total. The Hall–Kier alpha value is -0.840. The van der Waals surface area contributed by atoms with Crippen molar-refractivity contribution in [3.63, 3.8) is 0 Å². The third-order valence-corrected chi connectivity index (χ3v) is 7.85. The summed E-state index contributed by atoms with van der Waals surface area (Å²) in [7, 11) is -3.65. The lowest BCUT2D eigenvalue weighted by Crippen LogP contribution is -2.10. The van der Waals surface area contributed by atoms with Gasteiger partial charge >= 0.3 is 13.8 Å². The van der Waals surface area contributed by atoms with E-state index < -0.39 is 13.8 Å². The van der Waals surface area contributed by atoms with Gasteiger partial charge in [-0.05, 0) is 19.3 Å². The van der Waals surface area contributed by atoms with Crippen LogP contribution in [0.3, 0.4) is 0 Å². The van der Waals surface area contributed by atoms with Crippen molar-refractivity contribution < 1.29 is 27.7 Å². The molecule has 3 atom stereocenters. The second kappa shape index (κ2) is 14.3. The van der Waals surface area contributed by atoms with E-state index in [9.17, 15) is 9.36 Å². The van der Waals surface area contributed by atoms with Crippen LogP contribution in [0.25, 0.3) is 0 Å². The summed E-state index contributed by atoms with van der Waals surface area (Å²) >= 11 is 0. The van der Waals surface area contributed by atoms with Crippen LogP contribution in [-0.4, -0.2) is 25.8 Å². The molecule has 0 spiro atoms. The number of carbonyl (C=O) groups is 1. The van der Waals surface area contributed by atoms with E-state index in [0.29, 0.717) is 17.9 Å². The van der Waals surface area contributed by atoms with Gasteiger partial charge in [-0.1, -0.05) is 90.9 Å². The lowest BCUT2D eigenvalue weighted by molar-refractivity contribution is -0.135. The molecule has 0 radical (unpaired) electrons. The van der Waals surface area contributed by atoms with Gasteiger partial charge in [-0.3, -0.25) is 9.05 Å². The van der Waals surface area contributed by atoms with Gasteiger partial charge < -0.3 is 9.26 Å². The van der Waals surface area contributed by atoms with E-state index in [-0.39, 0.29) is 19.1 Å². The molecular weight excluding hydrogens is 415 g/mol. The van der Waals surface area contributed by atoms with Gasteiger partial charge in [0.25, 0.3) is 0 Å². The van der Waals surface area contributed by atoms with Crippen molar-refractivity contribution in [2.45, 2.75) is 104 Å². The standard InChI is InChI=1S/C24H43O6P/c1-4-20(2)16-14-12-10-8-6-5-7-9-11-13-15-17-28-31(26)29-19-22-18-27-24(25)23(22)21(3)30-31/h20,22H,4-19H2,1-3H3. The molecule has 1 saturated heterocycles. The van der Waals surface area contributed by atoms with E-state index in [0.717, 1.165) is 18.8 Å². The Morgan fingerprint density at radius 2 is 1.55 bits per heavy atom. The maximum Gasteiger partial charge on any atom is 0.529 e. The van der Waals surface area contributed by atoms with Gasteiger partial charge in [0.15, 0.2) is 0 Å². The highest BCUT2D eigenvalue weighted by atomic mass is 31.2. The second-order valence-corrected chi connectivity index (χ2v) is 10.7. The van der Waals surface area contributed by atoms with Crippen molar-refractivity contribution in [3.05, 3.63) is 11.3 Å². The van der Waals surface area contributed by atoms with Crippen LogP contribution in [0.2, 0.25) is 0 Å². The summed E-state index contributed by atoms with van der Waals surface area (Å²) in [4.78, 5) is 11.8. The van der Waals surface area contributed by atoms with Crippen LogP contribution >= 0.6 is 7.82 Å². The zero-order valence-electron chi connectivity index (χ0n) is 19.9. The predicted octanol–water partition coefficient (Wildman–Crippen LogP) is 7.33. The van der Waals surface area contributed by atoms with Gasteiger partial charge in [0, 0.05) is 0 Å². The van der Waals surface area contributed by atoms with Crippen LogP contribution in [0.1, 0.15) is 104 Å². The highest BCUT2D eigenvalue weighted by Gasteiger charge is 2.42. The Bertz CT molecular complexity index is 617. The molecule has 1 fully saturated rings. The topological polar surface area (TPSA) is 71.1 Å². The molecule has 2 heterocycles. The van der Waals surface area contributed by atoms with Crippen LogP contribution in [0, 0.1) is 11.8 Å². The fourth-order valence-corrected chi connectivity index (χ4v) is 5.45. The summed E-state index contributed by atoms with van der Waals surface area (Å²) in [5.74, 6) is 0.544. The van der Waals surface area contributed by atoms with Gasteiger partial charge in [-0.15, -0.1) is 0 Å². The Balaban J connectivity index is 1.44. The van der Waals surface area contributed by atoms with Crippen LogP contribution < -0.4 is 0 Å².